The van der Waals surface area contributed by atoms with Gasteiger partial charge >= 0.3 is 0 Å². The minimum absolute atomic E-state index is 0.254. The van der Waals surface area contributed by atoms with Gasteiger partial charge in [-0.05, 0) is 48.9 Å². The number of aryl methyl sites for hydroxylation is 1. The fourth-order valence-corrected chi connectivity index (χ4v) is 2.22. The largest absolute Gasteiger partial charge is 0.240 e. The van der Waals surface area contributed by atoms with Crippen molar-refractivity contribution in [3.63, 3.8) is 0 Å². The number of hydrogen-bond acceptors (Lipinski definition) is 1. The molecule has 0 fully saturated rings. The van der Waals surface area contributed by atoms with Gasteiger partial charge in [-0.2, -0.15) is 5.10 Å². The second kappa shape index (κ2) is 7.23. The second-order valence-corrected chi connectivity index (χ2v) is 4.99. The zero-order valence-corrected chi connectivity index (χ0v) is 13.6. The van der Waals surface area contributed by atoms with Crippen molar-refractivity contribution in [2.24, 2.45) is 0 Å². The minimum atomic E-state index is -0.254. The van der Waals surface area contributed by atoms with Gasteiger partial charge in [0.05, 0.1) is 11.4 Å². The van der Waals surface area contributed by atoms with Gasteiger partial charge in [0.1, 0.15) is 5.82 Å². The Morgan fingerprint density at radius 3 is 2.14 bits per heavy atom. The van der Waals surface area contributed by atoms with Gasteiger partial charge in [-0.15, -0.1) is 0 Å². The smallest absolute Gasteiger partial charge is 0.123 e. The van der Waals surface area contributed by atoms with Gasteiger partial charge < -0.3 is 0 Å². The molecule has 114 valence electrons. The van der Waals surface area contributed by atoms with Crippen molar-refractivity contribution in [2.75, 3.05) is 0 Å². The van der Waals surface area contributed by atoms with Crippen LogP contribution in [0.5, 0.6) is 0 Å². The van der Waals surface area contributed by atoms with E-state index in [2.05, 4.69) is 5.10 Å². The Labute approximate surface area is 135 Å². The molecule has 0 saturated heterocycles. The van der Waals surface area contributed by atoms with Crippen molar-refractivity contribution < 1.29 is 4.39 Å². The average molecular weight is 317 g/mol. The maximum absolute atomic E-state index is 12.9. The molecule has 0 unspecified atom stereocenters. The Morgan fingerprint density at radius 1 is 0.955 bits per heavy atom. The highest BCUT2D eigenvalue weighted by molar-refractivity contribution is 6.30. The van der Waals surface area contributed by atoms with Gasteiger partial charge in [0, 0.05) is 16.8 Å². The first-order chi connectivity index (χ1) is 10.6. The molecule has 3 aromatic rings. The molecule has 1 heterocycles. The zero-order chi connectivity index (χ0) is 16.1. The summed E-state index contributed by atoms with van der Waals surface area (Å²) >= 11 is 5.90. The molecular formula is C18H18ClFN2. The Bertz CT molecular complexity index is 731. The normalized spacial score (nSPS) is 10.0. The van der Waals surface area contributed by atoms with E-state index < -0.39 is 0 Å². The number of hydrogen-bond donors (Lipinski definition) is 0. The van der Waals surface area contributed by atoms with E-state index in [9.17, 15) is 4.39 Å². The number of benzene rings is 2. The highest BCUT2D eigenvalue weighted by atomic mass is 35.5. The van der Waals surface area contributed by atoms with E-state index in [1.54, 1.807) is 16.8 Å². The van der Waals surface area contributed by atoms with Crippen molar-refractivity contribution in [3.05, 3.63) is 71.3 Å². The van der Waals surface area contributed by atoms with Gasteiger partial charge in [0.15, 0.2) is 0 Å². The molecule has 0 aliphatic carbocycles. The van der Waals surface area contributed by atoms with Gasteiger partial charge in [-0.1, -0.05) is 37.6 Å². The number of aromatic nitrogens is 2. The highest BCUT2D eigenvalue weighted by Crippen LogP contribution is 2.25. The molecule has 0 aliphatic rings. The predicted molar refractivity (Wildman–Crippen MR) is 90.1 cm³/mol. The maximum Gasteiger partial charge on any atom is 0.123 e. The predicted octanol–water partition coefficient (Wildman–Crippen LogP) is 5.67. The van der Waals surface area contributed by atoms with E-state index >= 15 is 0 Å². The van der Waals surface area contributed by atoms with Crippen molar-refractivity contribution in [1.29, 1.82) is 0 Å². The second-order valence-electron chi connectivity index (χ2n) is 4.56. The molecule has 0 aliphatic heterocycles. The van der Waals surface area contributed by atoms with Gasteiger partial charge in [-0.25, -0.2) is 9.07 Å². The lowest BCUT2D eigenvalue weighted by Crippen LogP contribution is -1.94. The van der Waals surface area contributed by atoms with Crippen LogP contribution in [0.25, 0.3) is 16.8 Å². The van der Waals surface area contributed by atoms with Gasteiger partial charge in [0.25, 0.3) is 0 Å². The summed E-state index contributed by atoms with van der Waals surface area (Å²) in [6.07, 6.45) is 1.94. The summed E-state index contributed by atoms with van der Waals surface area (Å²) < 4.78 is 14.7. The fraction of sp³-hybridized carbons (Fsp3) is 0.167. The molecule has 1 aromatic heterocycles. The molecule has 0 saturated carbocycles. The van der Waals surface area contributed by atoms with Crippen molar-refractivity contribution >= 4 is 11.6 Å². The van der Waals surface area contributed by atoms with E-state index in [4.69, 9.17) is 11.6 Å². The molecular weight excluding hydrogens is 299 g/mol. The van der Waals surface area contributed by atoms with Gasteiger partial charge in [-0.3, -0.25) is 0 Å². The average Bonchev–Trinajstić information content (AvgIpc) is 2.93. The lowest BCUT2D eigenvalue weighted by Gasteiger charge is -2.00. The molecule has 0 bridgehead atoms. The number of nitrogens with zero attached hydrogens (tertiary/aromatic N) is 2. The van der Waals surface area contributed by atoms with Crippen LogP contribution in [0.2, 0.25) is 5.02 Å². The summed E-state index contributed by atoms with van der Waals surface area (Å²) in [7, 11) is 0. The van der Waals surface area contributed by atoms with Crippen LogP contribution in [-0.4, -0.2) is 9.78 Å². The van der Waals surface area contributed by atoms with E-state index in [-0.39, 0.29) is 5.82 Å². The Morgan fingerprint density at radius 2 is 1.55 bits per heavy atom. The first-order valence-electron chi connectivity index (χ1n) is 7.21. The van der Waals surface area contributed by atoms with Crippen LogP contribution in [0.3, 0.4) is 0 Å². The molecule has 0 atom stereocenters. The molecule has 0 amide bonds. The lowest BCUT2D eigenvalue weighted by molar-refractivity contribution is 0.627. The Kier molecular flexibility index (Phi) is 5.34. The quantitative estimate of drug-likeness (QED) is 0.596. The van der Waals surface area contributed by atoms with Crippen molar-refractivity contribution in [3.8, 4) is 16.8 Å². The molecule has 22 heavy (non-hydrogen) atoms. The topological polar surface area (TPSA) is 17.8 Å². The molecule has 4 heteroatoms. The highest BCUT2D eigenvalue weighted by Gasteiger charge is 2.08. The van der Waals surface area contributed by atoms with Crippen LogP contribution in [0, 0.1) is 12.7 Å². The monoisotopic (exact) mass is 316 g/mol. The van der Waals surface area contributed by atoms with Crippen LogP contribution in [-0.2, 0) is 0 Å². The number of halogens is 2. The molecule has 0 spiro atoms. The summed E-state index contributed by atoms with van der Waals surface area (Å²) in [5, 5.41) is 5.18. The minimum Gasteiger partial charge on any atom is -0.240 e. The van der Waals surface area contributed by atoms with E-state index in [0.29, 0.717) is 5.02 Å². The zero-order valence-electron chi connectivity index (χ0n) is 12.8. The summed E-state index contributed by atoms with van der Waals surface area (Å²) in [5.41, 5.74) is 3.83. The van der Waals surface area contributed by atoms with Crippen LogP contribution in [0.4, 0.5) is 4.39 Å². The molecule has 2 aromatic carbocycles. The fourth-order valence-electron chi connectivity index (χ4n) is 2.10. The van der Waals surface area contributed by atoms with E-state index in [1.165, 1.54) is 12.1 Å². The van der Waals surface area contributed by atoms with Crippen molar-refractivity contribution in [1.82, 2.24) is 9.78 Å². The third kappa shape index (κ3) is 3.55. The standard InChI is InChI=1S/C16H12ClFN2.C2H6/c1-11-16(12-2-4-13(17)5-3-12)10-20(19-11)15-8-6-14(18)7-9-15;1-2/h2-10H,1H3;1-2H3. The summed E-state index contributed by atoms with van der Waals surface area (Å²) in [4.78, 5) is 0. The molecule has 0 N–H and O–H groups in total. The van der Waals surface area contributed by atoms with Gasteiger partial charge in [0.2, 0.25) is 0 Å². The van der Waals surface area contributed by atoms with Crippen molar-refractivity contribution in [2.45, 2.75) is 20.8 Å². The summed E-state index contributed by atoms with van der Waals surface area (Å²) in [6, 6.07) is 13.9. The van der Waals surface area contributed by atoms with Crippen LogP contribution in [0.1, 0.15) is 19.5 Å². The third-order valence-corrected chi connectivity index (χ3v) is 3.40. The summed E-state index contributed by atoms with van der Waals surface area (Å²) in [5.74, 6) is -0.254. The van der Waals surface area contributed by atoms with Crippen LogP contribution in [0.15, 0.2) is 54.7 Å². The lowest BCUT2D eigenvalue weighted by atomic mass is 10.1. The SMILES string of the molecule is CC.Cc1nn(-c2ccc(F)cc2)cc1-c1ccc(Cl)cc1. The molecule has 3 rings (SSSR count). The van der Waals surface area contributed by atoms with Crippen LogP contribution >= 0.6 is 11.6 Å². The Balaban J connectivity index is 0.000000847. The first-order valence-corrected chi connectivity index (χ1v) is 7.59. The Hall–Kier alpha value is -2.13. The number of rotatable bonds is 2. The van der Waals surface area contributed by atoms with E-state index in [0.717, 1.165) is 22.5 Å². The van der Waals surface area contributed by atoms with E-state index in [1.807, 2.05) is 51.2 Å². The molecule has 2 nitrogen and oxygen atoms in total. The maximum atomic E-state index is 12.9. The first kappa shape index (κ1) is 16.2. The molecule has 0 radical (unpaired) electrons. The van der Waals surface area contributed by atoms with Crippen LogP contribution < -0.4 is 0 Å². The summed E-state index contributed by atoms with van der Waals surface area (Å²) in [6.45, 7) is 5.95. The third-order valence-electron chi connectivity index (χ3n) is 3.15.